The first-order valence-electron chi connectivity index (χ1n) is 24.0. The molecule has 11 aromatic rings. The average Bonchev–Trinajstić information content (AvgIpc) is 3.92. The van der Waals surface area contributed by atoms with Crippen LogP contribution in [0.2, 0.25) is 17.3 Å². The first kappa shape index (κ1) is 48.8. The first-order chi connectivity index (χ1) is 33.1. The maximum atomic E-state index is 13.0. The SMILES string of the molecule is CC(C)Cc1cc(-c2[c-]cc(F)cc2)nc[c]1[Ge]([CH3])([CH3])[CH3].Cc1cccc(C)c1-n1c(-c2[c-]cc(C)c3c2oc2nc(C(C)(C)c4ccccc4)ccc23)nc2c3ccccc3c3ccccc3c21.[Ir]. The molecule has 0 N–H and O–H groups in total. The summed E-state index contributed by atoms with van der Waals surface area (Å²) in [4.78, 5) is 15.3. The van der Waals surface area contributed by atoms with Crippen molar-refractivity contribution in [2.24, 2.45) is 5.92 Å². The largest absolute Gasteiger partial charge is 0.486 e. The zero-order chi connectivity index (χ0) is 48.4. The number of rotatable bonds is 8. The van der Waals surface area contributed by atoms with Gasteiger partial charge in [0.2, 0.25) is 5.71 Å². The second kappa shape index (κ2) is 19.2. The summed E-state index contributed by atoms with van der Waals surface area (Å²) in [5, 5.41) is 6.73. The molecule has 4 aromatic heterocycles. The van der Waals surface area contributed by atoms with E-state index in [0.717, 1.165) is 84.2 Å². The van der Waals surface area contributed by atoms with Crippen molar-refractivity contribution in [2.45, 2.75) is 77.6 Å². The molecule has 0 aliphatic heterocycles. The Morgan fingerprint density at radius 1 is 0.700 bits per heavy atom. The second-order valence-electron chi connectivity index (χ2n) is 20.5. The third-order valence-electron chi connectivity index (χ3n) is 13.6. The Hall–Kier alpha value is -6.25. The molecular formula is C62H57FGeIrN4O-2. The van der Waals surface area contributed by atoms with E-state index in [9.17, 15) is 4.39 Å². The monoisotopic (exact) mass is 1160 g/mol. The average molecular weight is 1160 g/mol. The maximum Gasteiger partial charge on any atom is 0.216 e. The van der Waals surface area contributed by atoms with Crippen molar-refractivity contribution >= 4 is 72.3 Å². The molecule has 4 heterocycles. The number of halogens is 1. The fourth-order valence-corrected chi connectivity index (χ4v) is 13.5. The fraction of sp³-hybridized carbons (Fsp3) is 0.210. The molecule has 70 heavy (non-hydrogen) atoms. The van der Waals surface area contributed by atoms with Gasteiger partial charge in [0, 0.05) is 47.4 Å². The summed E-state index contributed by atoms with van der Waals surface area (Å²) in [6.07, 6.45) is 3.11. The van der Waals surface area contributed by atoms with Gasteiger partial charge in [-0.05, 0) is 53.4 Å². The predicted molar refractivity (Wildman–Crippen MR) is 288 cm³/mol. The van der Waals surface area contributed by atoms with Crippen molar-refractivity contribution in [1.29, 1.82) is 0 Å². The van der Waals surface area contributed by atoms with E-state index < -0.39 is 13.3 Å². The second-order valence-corrected chi connectivity index (χ2v) is 31.1. The van der Waals surface area contributed by atoms with Crippen LogP contribution in [0, 0.1) is 44.6 Å². The van der Waals surface area contributed by atoms with Crippen LogP contribution in [0.3, 0.4) is 0 Å². The zero-order valence-electron chi connectivity index (χ0n) is 41.5. The summed E-state index contributed by atoms with van der Waals surface area (Å²) < 4.78 is 23.7. The molecule has 0 aliphatic rings. The van der Waals surface area contributed by atoms with Crippen LogP contribution in [0.4, 0.5) is 4.39 Å². The van der Waals surface area contributed by atoms with E-state index in [2.05, 4.69) is 203 Å². The van der Waals surface area contributed by atoms with E-state index in [1.807, 2.05) is 12.3 Å². The van der Waals surface area contributed by atoms with E-state index >= 15 is 0 Å². The van der Waals surface area contributed by atoms with Crippen LogP contribution in [0.25, 0.3) is 83.0 Å². The van der Waals surface area contributed by atoms with Gasteiger partial charge in [0.1, 0.15) is 0 Å². The van der Waals surface area contributed by atoms with Crippen LogP contribution in [-0.2, 0) is 31.9 Å². The minimum Gasteiger partial charge on any atom is -0.486 e. The van der Waals surface area contributed by atoms with Gasteiger partial charge in [-0.2, -0.15) is 0 Å². The quantitative estimate of drug-likeness (QED) is 0.0864. The fourth-order valence-electron chi connectivity index (χ4n) is 10.1. The van der Waals surface area contributed by atoms with Gasteiger partial charge in [0.15, 0.2) is 0 Å². The molecule has 5 nitrogen and oxygen atoms in total. The van der Waals surface area contributed by atoms with Crippen molar-refractivity contribution in [3.05, 3.63) is 197 Å². The summed E-state index contributed by atoms with van der Waals surface area (Å²) >= 11 is -1.93. The van der Waals surface area contributed by atoms with Crippen LogP contribution >= 0.6 is 0 Å². The molecule has 0 saturated carbocycles. The van der Waals surface area contributed by atoms with Crippen LogP contribution < -0.4 is 4.40 Å². The van der Waals surface area contributed by atoms with Gasteiger partial charge >= 0.3 is 130 Å². The molecule has 0 saturated heterocycles. The van der Waals surface area contributed by atoms with Gasteiger partial charge in [-0.15, -0.1) is 17.7 Å². The van der Waals surface area contributed by atoms with Crippen molar-refractivity contribution in [3.63, 3.8) is 0 Å². The van der Waals surface area contributed by atoms with Crippen LogP contribution in [-0.4, -0.2) is 32.8 Å². The minimum atomic E-state index is -1.93. The molecule has 7 aromatic carbocycles. The summed E-state index contributed by atoms with van der Waals surface area (Å²) in [5.74, 6) is 8.33. The van der Waals surface area contributed by atoms with E-state index in [-0.39, 0.29) is 31.3 Å². The number of benzene rings is 7. The molecular weight excluding hydrogens is 1100 g/mol. The zero-order valence-corrected chi connectivity index (χ0v) is 46.0. The molecule has 11 rings (SSSR count). The number of aromatic nitrogens is 4. The molecule has 0 amide bonds. The topological polar surface area (TPSA) is 56.7 Å². The van der Waals surface area contributed by atoms with E-state index in [1.165, 1.54) is 49.6 Å². The molecule has 0 bridgehead atoms. The Labute approximate surface area is 426 Å². The number of para-hydroxylation sites is 1. The Bertz CT molecular complexity index is 3720. The van der Waals surface area contributed by atoms with Gasteiger partial charge in [-0.25, -0.2) is 4.98 Å². The Kier molecular flexibility index (Phi) is 13.3. The number of fused-ring (bicyclic) bond motifs is 9. The number of pyridine rings is 2. The molecule has 0 fully saturated rings. The summed E-state index contributed by atoms with van der Waals surface area (Å²) in [5.41, 5.74) is 13.8. The van der Waals surface area contributed by atoms with E-state index in [1.54, 1.807) is 6.07 Å². The Morgan fingerprint density at radius 2 is 1.36 bits per heavy atom. The Morgan fingerprint density at radius 3 is 2.01 bits per heavy atom. The summed E-state index contributed by atoms with van der Waals surface area (Å²) in [7, 11) is 0. The first-order valence-corrected chi connectivity index (χ1v) is 31.3. The molecule has 8 heteroatoms. The van der Waals surface area contributed by atoms with Gasteiger partial charge in [0.25, 0.3) is 0 Å². The van der Waals surface area contributed by atoms with Gasteiger partial charge in [0.05, 0.1) is 28.1 Å². The molecule has 0 aliphatic carbocycles. The normalized spacial score (nSPS) is 12.0. The number of aryl methyl sites for hydroxylation is 3. The summed E-state index contributed by atoms with van der Waals surface area (Å²) in [6.45, 7) is 15.4. The Balaban J connectivity index is 0.000000234. The smallest absolute Gasteiger partial charge is 0.216 e. The third kappa shape index (κ3) is 8.82. The van der Waals surface area contributed by atoms with E-state index in [0.29, 0.717) is 11.6 Å². The number of imidazole rings is 1. The molecule has 353 valence electrons. The molecule has 1 radical (unpaired) electrons. The standard InChI is InChI=1S/C44H34N3O.C18H23FGeN.Ir/c1-26-22-23-35(41-37(26)34-24-25-36(45-43(34)48-41)44(4,5)29-16-7-6-8-17-29)42-46-38-32-20-11-9-18-30(32)31-19-10-12-21-33(31)40(38)47(42)39-27(2)14-13-15-28(39)3;1-13(2)10-15-11-18(14-6-8-16(19)9-7-14)21-12-17(15)20(3,4)5;/h6-22,24-25H,1-5H3;6,8-9,11-13H,10H2,1-5H3;/q2*-1;. The van der Waals surface area contributed by atoms with Crippen molar-refractivity contribution in [2.75, 3.05) is 0 Å². The molecule has 0 spiro atoms. The van der Waals surface area contributed by atoms with Crippen LogP contribution in [0.1, 0.15) is 61.2 Å². The van der Waals surface area contributed by atoms with Crippen molar-refractivity contribution in [1.82, 2.24) is 19.5 Å². The minimum absolute atomic E-state index is 0. The van der Waals surface area contributed by atoms with Crippen LogP contribution in [0.5, 0.6) is 0 Å². The molecule has 0 unspecified atom stereocenters. The maximum absolute atomic E-state index is 13.0. The number of nitrogens with zero attached hydrogens (tertiary/aromatic N) is 4. The number of furan rings is 1. The predicted octanol–water partition coefficient (Wildman–Crippen LogP) is 15.8. The van der Waals surface area contributed by atoms with Gasteiger partial charge < -0.3 is 8.98 Å². The van der Waals surface area contributed by atoms with Crippen molar-refractivity contribution in [3.8, 4) is 28.3 Å². The van der Waals surface area contributed by atoms with E-state index in [4.69, 9.17) is 14.4 Å². The summed E-state index contributed by atoms with van der Waals surface area (Å²) in [6, 6.07) is 54.0. The molecule has 0 atom stereocenters. The number of hydrogen-bond acceptors (Lipinski definition) is 4. The van der Waals surface area contributed by atoms with Gasteiger partial charge in [-0.1, -0.05) is 129 Å². The third-order valence-corrected chi connectivity index (χ3v) is 18.0. The van der Waals surface area contributed by atoms with Crippen molar-refractivity contribution < 1.29 is 28.9 Å². The van der Waals surface area contributed by atoms with Gasteiger partial charge in [-0.3, -0.25) is 4.98 Å². The van der Waals surface area contributed by atoms with Crippen LogP contribution in [0.15, 0.2) is 150 Å². The number of hydrogen-bond donors (Lipinski definition) is 0.